The molecule has 2 aromatic carbocycles. The third-order valence-corrected chi connectivity index (χ3v) is 4.60. The number of nitrogens with one attached hydrogen (secondary N) is 1. The minimum Gasteiger partial charge on any atom is -0.493 e. The summed E-state index contributed by atoms with van der Waals surface area (Å²) in [6, 6.07) is 13.5. The molecule has 0 unspecified atom stereocenters. The van der Waals surface area contributed by atoms with Crippen molar-refractivity contribution in [1.82, 2.24) is 9.78 Å². The Morgan fingerprint density at radius 3 is 2.72 bits per heavy atom. The highest BCUT2D eigenvalue weighted by Gasteiger charge is 2.26. The van der Waals surface area contributed by atoms with Crippen LogP contribution in [0.3, 0.4) is 0 Å². The van der Waals surface area contributed by atoms with Gasteiger partial charge in [-0.05, 0) is 36.8 Å². The van der Waals surface area contributed by atoms with Gasteiger partial charge in [-0.2, -0.15) is 5.10 Å². The zero-order chi connectivity index (χ0) is 17.4. The molecule has 2 heterocycles. The van der Waals surface area contributed by atoms with Crippen LogP contribution in [0.1, 0.15) is 5.56 Å². The zero-order valence-corrected chi connectivity index (χ0v) is 14.8. The van der Waals surface area contributed by atoms with E-state index in [2.05, 4.69) is 5.32 Å². The average molecular weight is 356 g/mol. The molecule has 5 nitrogen and oxygen atoms in total. The third kappa shape index (κ3) is 2.61. The second-order valence-corrected chi connectivity index (χ2v) is 6.22. The van der Waals surface area contributed by atoms with Crippen molar-refractivity contribution >= 4 is 17.4 Å². The summed E-state index contributed by atoms with van der Waals surface area (Å²) < 4.78 is 12.9. The van der Waals surface area contributed by atoms with E-state index in [1.807, 2.05) is 47.1 Å². The minimum atomic E-state index is 0.681. The molecule has 128 valence electrons. The van der Waals surface area contributed by atoms with E-state index in [0.29, 0.717) is 16.5 Å². The van der Waals surface area contributed by atoms with Crippen LogP contribution in [0.25, 0.3) is 16.9 Å². The van der Waals surface area contributed by atoms with Crippen LogP contribution in [0, 0.1) is 0 Å². The van der Waals surface area contributed by atoms with Crippen LogP contribution in [0.15, 0.2) is 42.5 Å². The van der Waals surface area contributed by atoms with Crippen LogP contribution in [-0.4, -0.2) is 30.5 Å². The van der Waals surface area contributed by atoms with E-state index >= 15 is 0 Å². The number of fused-ring (bicyclic) bond motifs is 1. The zero-order valence-electron chi connectivity index (χ0n) is 14.0. The van der Waals surface area contributed by atoms with E-state index in [0.717, 1.165) is 35.7 Å². The van der Waals surface area contributed by atoms with Gasteiger partial charge in [-0.3, -0.25) is 0 Å². The van der Waals surface area contributed by atoms with Gasteiger partial charge in [0.25, 0.3) is 0 Å². The molecular weight excluding hydrogens is 338 g/mol. The van der Waals surface area contributed by atoms with E-state index < -0.39 is 0 Å². The van der Waals surface area contributed by atoms with Crippen molar-refractivity contribution < 1.29 is 9.47 Å². The van der Waals surface area contributed by atoms with Crippen molar-refractivity contribution in [3.8, 4) is 28.4 Å². The Bertz CT molecular complexity index is 936. The van der Waals surface area contributed by atoms with Crippen LogP contribution in [0.2, 0.25) is 5.02 Å². The summed E-state index contributed by atoms with van der Waals surface area (Å²) in [5, 5.41) is 8.97. The molecular formula is C19H18ClN3O2. The Balaban J connectivity index is 1.92. The van der Waals surface area contributed by atoms with Crippen LogP contribution >= 0.6 is 11.6 Å². The minimum absolute atomic E-state index is 0.681. The van der Waals surface area contributed by atoms with Gasteiger partial charge in [0.05, 0.1) is 19.9 Å². The normalized spacial score (nSPS) is 12.6. The Labute approximate surface area is 151 Å². The maximum atomic E-state index is 6.16. The quantitative estimate of drug-likeness (QED) is 0.762. The van der Waals surface area contributed by atoms with Gasteiger partial charge in [0.15, 0.2) is 11.5 Å². The topological polar surface area (TPSA) is 48.3 Å². The smallest absolute Gasteiger partial charge is 0.170 e. The fourth-order valence-electron chi connectivity index (χ4n) is 3.26. The Hall–Kier alpha value is -2.66. The molecule has 0 spiro atoms. The number of nitrogens with zero attached hydrogens (tertiary/aromatic N) is 2. The summed E-state index contributed by atoms with van der Waals surface area (Å²) in [5.41, 5.74) is 3.91. The van der Waals surface area contributed by atoms with Gasteiger partial charge in [-0.25, -0.2) is 4.68 Å². The van der Waals surface area contributed by atoms with E-state index in [1.54, 1.807) is 14.2 Å². The number of rotatable bonds is 4. The maximum Gasteiger partial charge on any atom is 0.170 e. The predicted molar refractivity (Wildman–Crippen MR) is 99.3 cm³/mol. The van der Waals surface area contributed by atoms with Crippen LogP contribution in [0.5, 0.6) is 11.5 Å². The summed E-state index contributed by atoms with van der Waals surface area (Å²) >= 11 is 6.16. The van der Waals surface area contributed by atoms with Gasteiger partial charge in [0.1, 0.15) is 11.5 Å². The summed E-state index contributed by atoms with van der Waals surface area (Å²) in [4.78, 5) is 0. The molecule has 4 rings (SSSR count). The molecule has 0 atom stereocenters. The first kappa shape index (κ1) is 15.8. The SMILES string of the molecule is COc1cccc(-c2nn(-c3cccc(Cl)c3)c3c2CCN3)c1OC. The van der Waals surface area contributed by atoms with Crippen LogP contribution < -0.4 is 14.8 Å². The molecule has 0 aliphatic carbocycles. The van der Waals surface area contributed by atoms with E-state index in [1.165, 1.54) is 5.56 Å². The van der Waals surface area contributed by atoms with E-state index in [4.69, 9.17) is 26.2 Å². The van der Waals surface area contributed by atoms with Crippen molar-refractivity contribution in [2.75, 3.05) is 26.1 Å². The van der Waals surface area contributed by atoms with Crippen LogP contribution in [-0.2, 0) is 6.42 Å². The lowest BCUT2D eigenvalue weighted by Gasteiger charge is -2.11. The lowest BCUT2D eigenvalue weighted by Crippen LogP contribution is -2.04. The number of ether oxygens (including phenoxy) is 2. The number of methoxy groups -OCH3 is 2. The second kappa shape index (κ2) is 6.33. The molecule has 0 saturated heterocycles. The second-order valence-electron chi connectivity index (χ2n) is 5.79. The average Bonchev–Trinajstić information content (AvgIpc) is 3.23. The van der Waals surface area contributed by atoms with Gasteiger partial charge in [-0.15, -0.1) is 0 Å². The lowest BCUT2D eigenvalue weighted by atomic mass is 10.1. The lowest BCUT2D eigenvalue weighted by molar-refractivity contribution is 0.356. The first-order chi connectivity index (χ1) is 12.2. The van der Waals surface area contributed by atoms with E-state index in [-0.39, 0.29) is 0 Å². The monoisotopic (exact) mass is 355 g/mol. The molecule has 0 radical (unpaired) electrons. The largest absolute Gasteiger partial charge is 0.493 e. The van der Waals surface area contributed by atoms with Crippen molar-refractivity contribution in [2.45, 2.75) is 6.42 Å². The third-order valence-electron chi connectivity index (χ3n) is 4.36. The Morgan fingerprint density at radius 1 is 1.12 bits per heavy atom. The molecule has 1 aliphatic rings. The molecule has 1 N–H and O–H groups in total. The molecule has 1 aliphatic heterocycles. The number of hydrogen-bond acceptors (Lipinski definition) is 4. The number of aromatic nitrogens is 2. The van der Waals surface area contributed by atoms with Gasteiger partial charge in [-0.1, -0.05) is 23.7 Å². The molecule has 25 heavy (non-hydrogen) atoms. The predicted octanol–water partition coefficient (Wildman–Crippen LogP) is 4.18. The maximum absolute atomic E-state index is 6.16. The van der Waals surface area contributed by atoms with Crippen molar-refractivity contribution in [1.29, 1.82) is 0 Å². The first-order valence-corrected chi connectivity index (χ1v) is 8.44. The molecule has 3 aromatic rings. The van der Waals surface area contributed by atoms with Gasteiger partial charge in [0, 0.05) is 22.7 Å². The number of hydrogen-bond donors (Lipinski definition) is 1. The molecule has 6 heteroatoms. The summed E-state index contributed by atoms with van der Waals surface area (Å²) in [7, 11) is 3.28. The van der Waals surface area contributed by atoms with Crippen molar-refractivity contribution in [3.63, 3.8) is 0 Å². The number of halogens is 1. The Morgan fingerprint density at radius 2 is 1.96 bits per heavy atom. The fraction of sp³-hybridized carbons (Fsp3) is 0.211. The van der Waals surface area contributed by atoms with Gasteiger partial charge in [0.2, 0.25) is 0 Å². The molecule has 0 bridgehead atoms. The Kier molecular flexibility index (Phi) is 4.01. The summed E-state index contributed by atoms with van der Waals surface area (Å²) in [6.45, 7) is 0.882. The molecule has 0 fully saturated rings. The summed E-state index contributed by atoms with van der Waals surface area (Å²) in [5.74, 6) is 2.38. The highest BCUT2D eigenvalue weighted by atomic mass is 35.5. The van der Waals surface area contributed by atoms with Gasteiger partial charge < -0.3 is 14.8 Å². The first-order valence-electron chi connectivity index (χ1n) is 8.06. The standard InChI is InChI=1S/C19H18ClN3O2/c1-24-16-8-4-7-14(18(16)25-2)17-15-9-10-21-19(15)23(22-17)13-6-3-5-12(20)11-13/h3-8,11,21H,9-10H2,1-2H3. The van der Waals surface area contributed by atoms with E-state index in [9.17, 15) is 0 Å². The highest BCUT2D eigenvalue weighted by Crippen LogP contribution is 2.42. The van der Waals surface area contributed by atoms with Gasteiger partial charge >= 0.3 is 0 Å². The molecule has 1 aromatic heterocycles. The fourth-order valence-corrected chi connectivity index (χ4v) is 3.44. The number of anilines is 1. The molecule has 0 amide bonds. The van der Waals surface area contributed by atoms with Crippen molar-refractivity contribution in [2.24, 2.45) is 0 Å². The number of para-hydroxylation sites is 1. The number of benzene rings is 2. The highest BCUT2D eigenvalue weighted by molar-refractivity contribution is 6.30. The van der Waals surface area contributed by atoms with Crippen molar-refractivity contribution in [3.05, 3.63) is 53.1 Å². The molecule has 0 saturated carbocycles. The van der Waals surface area contributed by atoms with Crippen LogP contribution in [0.4, 0.5) is 5.82 Å². The summed E-state index contributed by atoms with van der Waals surface area (Å²) in [6.07, 6.45) is 0.908.